The minimum atomic E-state index is -0.385. The fourth-order valence-corrected chi connectivity index (χ4v) is 2.34. The van der Waals surface area contributed by atoms with Crippen LogP contribution in [0.4, 0.5) is 0 Å². The third-order valence-electron chi connectivity index (χ3n) is 2.53. The second kappa shape index (κ2) is 4.24. The molecule has 5 nitrogen and oxygen atoms in total. The van der Waals surface area contributed by atoms with Gasteiger partial charge in [0.1, 0.15) is 4.88 Å². The number of carbonyl (C=O) groups is 1. The second-order valence-electron chi connectivity index (χ2n) is 3.73. The number of hydrogen-bond acceptors (Lipinski definition) is 5. The van der Waals surface area contributed by atoms with Gasteiger partial charge >= 0.3 is 0 Å². The number of likely N-dealkylation sites (tertiary alicyclic amines) is 1. The van der Waals surface area contributed by atoms with Crippen LogP contribution in [0.1, 0.15) is 28.2 Å². The van der Waals surface area contributed by atoms with Crippen molar-refractivity contribution in [2.24, 2.45) is 0 Å². The van der Waals surface area contributed by atoms with Gasteiger partial charge in [-0.05, 0) is 31.3 Å². The zero-order valence-corrected chi connectivity index (χ0v) is 9.33. The summed E-state index contributed by atoms with van der Waals surface area (Å²) in [5.74, 6) is -0.0544. The predicted octanol–water partition coefficient (Wildman–Crippen LogP) is 0.443. The average Bonchev–Trinajstić information content (AvgIpc) is 2.63. The number of rotatable bonds is 1. The molecule has 2 rings (SSSR count). The van der Waals surface area contributed by atoms with E-state index in [1.165, 1.54) is 0 Å². The van der Waals surface area contributed by atoms with Crippen LogP contribution in [0.5, 0.6) is 0 Å². The minimum Gasteiger partial charge on any atom is -0.391 e. The van der Waals surface area contributed by atoms with E-state index in [9.17, 15) is 9.90 Å². The lowest BCUT2D eigenvalue weighted by Gasteiger charge is -2.29. The van der Waals surface area contributed by atoms with E-state index < -0.39 is 0 Å². The molecule has 1 fully saturated rings. The number of amides is 1. The molecular weight excluding hydrogens is 214 g/mol. The van der Waals surface area contributed by atoms with Crippen molar-refractivity contribution in [1.82, 2.24) is 14.5 Å². The van der Waals surface area contributed by atoms with Gasteiger partial charge in [0.15, 0.2) is 0 Å². The van der Waals surface area contributed by atoms with Crippen LogP contribution in [-0.2, 0) is 0 Å². The first-order chi connectivity index (χ1) is 7.18. The molecule has 0 saturated carbocycles. The molecular formula is C9H13N3O2S. The molecule has 0 bridgehead atoms. The lowest BCUT2D eigenvalue weighted by molar-refractivity contribution is 0.0477. The van der Waals surface area contributed by atoms with Gasteiger partial charge in [0.25, 0.3) is 5.91 Å². The van der Waals surface area contributed by atoms with Gasteiger partial charge < -0.3 is 10.0 Å². The van der Waals surface area contributed by atoms with Crippen LogP contribution in [0.2, 0.25) is 0 Å². The van der Waals surface area contributed by atoms with Crippen molar-refractivity contribution in [2.75, 3.05) is 13.1 Å². The summed E-state index contributed by atoms with van der Waals surface area (Å²) in [6.45, 7) is 2.92. The fourth-order valence-electron chi connectivity index (χ4n) is 1.71. The molecule has 1 amide bonds. The van der Waals surface area contributed by atoms with Gasteiger partial charge in [0, 0.05) is 13.1 Å². The minimum absolute atomic E-state index is 0.0544. The Balaban J connectivity index is 2.11. The SMILES string of the molecule is Cc1nnsc1C(=O)N1CCC[C@@H](O)C1. The van der Waals surface area contributed by atoms with Crippen molar-refractivity contribution < 1.29 is 9.90 Å². The molecule has 0 aromatic carbocycles. The fraction of sp³-hybridized carbons (Fsp3) is 0.667. The summed E-state index contributed by atoms with van der Waals surface area (Å²) in [5, 5.41) is 13.3. The van der Waals surface area contributed by atoms with Crippen LogP contribution in [-0.4, -0.2) is 44.7 Å². The van der Waals surface area contributed by atoms with E-state index in [2.05, 4.69) is 9.59 Å². The van der Waals surface area contributed by atoms with E-state index in [1.54, 1.807) is 11.8 Å². The third-order valence-corrected chi connectivity index (χ3v) is 3.35. The molecule has 1 N–H and O–H groups in total. The normalized spacial score (nSPS) is 21.7. The maximum absolute atomic E-state index is 12.0. The molecule has 82 valence electrons. The van der Waals surface area contributed by atoms with Crippen LogP contribution in [0.3, 0.4) is 0 Å². The van der Waals surface area contributed by atoms with Gasteiger partial charge in [-0.25, -0.2) is 0 Å². The van der Waals surface area contributed by atoms with Crippen molar-refractivity contribution in [3.8, 4) is 0 Å². The summed E-state index contributed by atoms with van der Waals surface area (Å²) >= 11 is 1.12. The Labute approximate surface area is 91.9 Å². The Morgan fingerprint density at radius 2 is 2.47 bits per heavy atom. The van der Waals surface area contributed by atoms with Crippen LogP contribution in [0.15, 0.2) is 0 Å². The second-order valence-corrected chi connectivity index (χ2v) is 4.49. The van der Waals surface area contributed by atoms with E-state index >= 15 is 0 Å². The molecule has 1 saturated heterocycles. The van der Waals surface area contributed by atoms with Gasteiger partial charge in [0.2, 0.25) is 0 Å². The van der Waals surface area contributed by atoms with Crippen molar-refractivity contribution in [1.29, 1.82) is 0 Å². The number of aryl methyl sites for hydroxylation is 1. The number of aromatic nitrogens is 2. The highest BCUT2D eigenvalue weighted by Crippen LogP contribution is 2.17. The highest BCUT2D eigenvalue weighted by atomic mass is 32.1. The van der Waals surface area contributed by atoms with E-state index in [0.717, 1.165) is 24.4 Å². The van der Waals surface area contributed by atoms with Crippen molar-refractivity contribution in [3.63, 3.8) is 0 Å². The molecule has 2 heterocycles. The summed E-state index contributed by atoms with van der Waals surface area (Å²) < 4.78 is 3.74. The molecule has 6 heteroatoms. The van der Waals surface area contributed by atoms with Crippen LogP contribution in [0.25, 0.3) is 0 Å². The van der Waals surface area contributed by atoms with Gasteiger partial charge in [0.05, 0.1) is 11.8 Å². The lowest BCUT2D eigenvalue weighted by Crippen LogP contribution is -2.42. The van der Waals surface area contributed by atoms with Gasteiger partial charge in [-0.1, -0.05) is 4.49 Å². The molecule has 0 radical (unpaired) electrons. The monoisotopic (exact) mass is 227 g/mol. The van der Waals surface area contributed by atoms with E-state index in [1.807, 2.05) is 0 Å². The summed E-state index contributed by atoms with van der Waals surface area (Å²) in [5.41, 5.74) is 0.671. The first kappa shape index (κ1) is 10.5. The topological polar surface area (TPSA) is 66.3 Å². The maximum atomic E-state index is 12.0. The Morgan fingerprint density at radius 1 is 1.67 bits per heavy atom. The van der Waals surface area contributed by atoms with E-state index in [-0.39, 0.29) is 12.0 Å². The number of aliphatic hydroxyl groups excluding tert-OH is 1. The van der Waals surface area contributed by atoms with Crippen molar-refractivity contribution >= 4 is 17.4 Å². The third kappa shape index (κ3) is 2.15. The Hall–Kier alpha value is -1.01. The largest absolute Gasteiger partial charge is 0.391 e. The zero-order chi connectivity index (χ0) is 10.8. The first-order valence-corrected chi connectivity index (χ1v) is 5.72. The van der Waals surface area contributed by atoms with Gasteiger partial charge in [-0.15, -0.1) is 5.10 Å². The highest BCUT2D eigenvalue weighted by molar-refractivity contribution is 7.07. The molecule has 1 aliphatic heterocycles. The van der Waals surface area contributed by atoms with Crippen LogP contribution < -0.4 is 0 Å². The first-order valence-electron chi connectivity index (χ1n) is 4.95. The summed E-state index contributed by atoms with van der Waals surface area (Å²) in [6, 6.07) is 0. The number of aliphatic hydroxyl groups is 1. The quantitative estimate of drug-likeness (QED) is 0.756. The van der Waals surface area contributed by atoms with Crippen LogP contribution in [0, 0.1) is 6.92 Å². The molecule has 0 unspecified atom stereocenters. The molecule has 1 aliphatic rings. The highest BCUT2D eigenvalue weighted by Gasteiger charge is 2.25. The Bertz CT molecular complexity index is 366. The van der Waals surface area contributed by atoms with E-state index in [0.29, 0.717) is 23.7 Å². The smallest absolute Gasteiger partial charge is 0.267 e. The standard InChI is InChI=1S/C9H13N3O2S/c1-6-8(15-11-10-6)9(14)12-4-2-3-7(13)5-12/h7,13H,2-5H2,1H3/t7-/m1/s1. The number of nitrogens with zero attached hydrogens (tertiary/aromatic N) is 3. The van der Waals surface area contributed by atoms with Crippen molar-refractivity contribution in [3.05, 3.63) is 10.6 Å². The molecule has 1 atom stereocenters. The Kier molecular flexibility index (Phi) is 2.97. The lowest BCUT2D eigenvalue weighted by atomic mass is 10.1. The summed E-state index contributed by atoms with van der Waals surface area (Å²) in [4.78, 5) is 14.2. The molecule has 1 aromatic heterocycles. The molecule has 1 aromatic rings. The molecule has 0 spiro atoms. The van der Waals surface area contributed by atoms with E-state index in [4.69, 9.17) is 0 Å². The predicted molar refractivity (Wildman–Crippen MR) is 55.8 cm³/mol. The summed E-state index contributed by atoms with van der Waals surface area (Å²) in [7, 11) is 0. The molecule has 15 heavy (non-hydrogen) atoms. The maximum Gasteiger partial charge on any atom is 0.267 e. The van der Waals surface area contributed by atoms with Gasteiger partial charge in [-0.3, -0.25) is 4.79 Å². The number of piperidine rings is 1. The Morgan fingerprint density at radius 3 is 3.07 bits per heavy atom. The number of β-amino-alcohol motifs (C(OH)–C–C–N with tert-alkyl or cyclic N) is 1. The van der Waals surface area contributed by atoms with Crippen molar-refractivity contribution in [2.45, 2.75) is 25.9 Å². The molecule has 0 aliphatic carbocycles. The van der Waals surface area contributed by atoms with Gasteiger partial charge in [-0.2, -0.15) is 0 Å². The summed E-state index contributed by atoms with van der Waals surface area (Å²) in [6.07, 6.45) is 1.26. The zero-order valence-electron chi connectivity index (χ0n) is 8.51. The number of hydrogen-bond donors (Lipinski definition) is 1. The van der Waals surface area contributed by atoms with Crippen LogP contribution >= 0.6 is 11.5 Å². The number of carbonyl (C=O) groups excluding carboxylic acids is 1. The average molecular weight is 227 g/mol.